The Labute approximate surface area is 123 Å². The number of aromatic nitrogens is 1. The molecule has 2 amide bonds. The third-order valence-electron chi connectivity index (χ3n) is 2.10. The van der Waals surface area contributed by atoms with Gasteiger partial charge in [0.15, 0.2) is 0 Å². The lowest BCUT2D eigenvalue weighted by atomic mass is 10.2. The number of nitrogens with zero attached hydrogens (tertiary/aromatic N) is 2. The zero-order valence-electron chi connectivity index (χ0n) is 11.9. The van der Waals surface area contributed by atoms with E-state index in [1.54, 1.807) is 32.9 Å². The van der Waals surface area contributed by atoms with E-state index in [0.29, 0.717) is 10.8 Å². The highest BCUT2D eigenvalue weighted by Gasteiger charge is 2.21. The van der Waals surface area contributed by atoms with Gasteiger partial charge in [0.25, 0.3) is 0 Å². The molecule has 7 heteroatoms. The van der Waals surface area contributed by atoms with Crippen LogP contribution in [-0.4, -0.2) is 41.1 Å². The highest BCUT2D eigenvalue weighted by Crippen LogP contribution is 2.11. The molecule has 0 aliphatic carbocycles. The predicted molar refractivity (Wildman–Crippen MR) is 76.7 cm³/mol. The summed E-state index contributed by atoms with van der Waals surface area (Å²) in [6, 6.07) is 3.19. The normalized spacial score (nSPS) is 10.8. The van der Waals surface area contributed by atoms with Crippen molar-refractivity contribution in [2.24, 2.45) is 0 Å². The lowest BCUT2D eigenvalue weighted by Crippen LogP contribution is -2.38. The van der Waals surface area contributed by atoms with Crippen LogP contribution < -0.4 is 5.32 Å². The fourth-order valence-corrected chi connectivity index (χ4v) is 1.38. The van der Waals surface area contributed by atoms with Gasteiger partial charge in [-0.15, -0.1) is 0 Å². The number of hydrogen-bond donors (Lipinski definition) is 1. The van der Waals surface area contributed by atoms with Crippen molar-refractivity contribution in [2.75, 3.05) is 18.9 Å². The molecule has 110 valence electrons. The van der Waals surface area contributed by atoms with Gasteiger partial charge in [0, 0.05) is 7.05 Å². The van der Waals surface area contributed by atoms with Crippen molar-refractivity contribution >= 4 is 29.3 Å². The minimum absolute atomic E-state index is 0.114. The molecule has 6 nitrogen and oxygen atoms in total. The summed E-state index contributed by atoms with van der Waals surface area (Å²) in [5, 5.41) is 2.95. The second kappa shape index (κ2) is 6.56. The van der Waals surface area contributed by atoms with Crippen LogP contribution >= 0.6 is 11.6 Å². The Balaban J connectivity index is 2.49. The van der Waals surface area contributed by atoms with Gasteiger partial charge >= 0.3 is 6.09 Å². The predicted octanol–water partition coefficient (Wildman–Crippen LogP) is 2.54. The summed E-state index contributed by atoms with van der Waals surface area (Å²) in [6.45, 7) is 5.17. The monoisotopic (exact) mass is 299 g/mol. The summed E-state index contributed by atoms with van der Waals surface area (Å²) in [6.07, 6.45) is 0.884. The molecule has 0 aliphatic heterocycles. The zero-order valence-corrected chi connectivity index (χ0v) is 12.7. The number of nitrogens with one attached hydrogen (secondary N) is 1. The van der Waals surface area contributed by atoms with Crippen LogP contribution in [0.2, 0.25) is 5.15 Å². The minimum Gasteiger partial charge on any atom is -0.444 e. The SMILES string of the molecule is CN(CC(=O)Nc1ccc(Cl)nc1)C(=O)OC(C)(C)C. The van der Waals surface area contributed by atoms with E-state index in [1.165, 1.54) is 18.1 Å². The fraction of sp³-hybridized carbons (Fsp3) is 0.462. The number of rotatable bonds is 3. The number of likely N-dealkylation sites (N-methyl/N-ethyl adjacent to an activating group) is 1. The van der Waals surface area contributed by atoms with E-state index < -0.39 is 11.7 Å². The standard InChI is InChI=1S/C13H18ClN3O3/c1-13(2,3)20-12(19)17(4)8-11(18)16-9-5-6-10(14)15-7-9/h5-7H,8H2,1-4H3,(H,16,18). The largest absolute Gasteiger partial charge is 0.444 e. The second-order valence-corrected chi connectivity index (χ2v) is 5.64. The van der Waals surface area contributed by atoms with Crippen LogP contribution in [0.5, 0.6) is 0 Å². The van der Waals surface area contributed by atoms with E-state index in [2.05, 4.69) is 10.3 Å². The first-order valence-electron chi connectivity index (χ1n) is 6.03. The number of carbonyl (C=O) groups is 2. The average Bonchev–Trinajstić information content (AvgIpc) is 2.29. The number of amides is 2. The highest BCUT2D eigenvalue weighted by atomic mass is 35.5. The fourth-order valence-electron chi connectivity index (χ4n) is 1.27. The molecule has 20 heavy (non-hydrogen) atoms. The van der Waals surface area contributed by atoms with E-state index in [9.17, 15) is 9.59 Å². The van der Waals surface area contributed by atoms with Crippen LogP contribution in [0.1, 0.15) is 20.8 Å². The van der Waals surface area contributed by atoms with E-state index in [-0.39, 0.29) is 12.5 Å². The molecule has 0 bridgehead atoms. The van der Waals surface area contributed by atoms with Crippen molar-refractivity contribution in [1.29, 1.82) is 0 Å². The maximum Gasteiger partial charge on any atom is 0.410 e. The first-order valence-corrected chi connectivity index (χ1v) is 6.41. The first-order chi connectivity index (χ1) is 9.17. The van der Waals surface area contributed by atoms with Gasteiger partial charge in [0.05, 0.1) is 11.9 Å². The number of halogens is 1. The summed E-state index contributed by atoms with van der Waals surface area (Å²) in [5.41, 5.74) is -0.0842. The molecule has 0 fully saturated rings. The number of ether oxygens (including phenoxy) is 1. The van der Waals surface area contributed by atoms with Crippen molar-refractivity contribution < 1.29 is 14.3 Å². The van der Waals surface area contributed by atoms with Crippen LogP contribution in [0, 0.1) is 0 Å². The van der Waals surface area contributed by atoms with Gasteiger partial charge in [0.1, 0.15) is 17.3 Å². The summed E-state index contributed by atoms with van der Waals surface area (Å²) in [7, 11) is 1.49. The molecule has 0 unspecified atom stereocenters. The van der Waals surface area contributed by atoms with Gasteiger partial charge in [-0.05, 0) is 32.9 Å². The van der Waals surface area contributed by atoms with Gasteiger partial charge < -0.3 is 15.0 Å². The Hall–Kier alpha value is -1.82. The molecule has 0 aromatic carbocycles. The zero-order chi connectivity index (χ0) is 15.3. The molecule has 0 radical (unpaired) electrons. The Morgan fingerprint density at radius 2 is 2.05 bits per heavy atom. The number of carbonyl (C=O) groups excluding carboxylic acids is 2. The number of pyridine rings is 1. The smallest absolute Gasteiger partial charge is 0.410 e. The molecule has 1 aromatic heterocycles. The van der Waals surface area contributed by atoms with E-state index >= 15 is 0 Å². The molecule has 0 aliphatic rings. The topological polar surface area (TPSA) is 71.5 Å². The van der Waals surface area contributed by atoms with Crippen molar-refractivity contribution in [3.63, 3.8) is 0 Å². The van der Waals surface area contributed by atoms with E-state index in [0.717, 1.165) is 0 Å². The second-order valence-electron chi connectivity index (χ2n) is 5.25. The van der Waals surface area contributed by atoms with Crippen LogP contribution in [0.15, 0.2) is 18.3 Å². The Morgan fingerprint density at radius 3 is 2.55 bits per heavy atom. The summed E-state index contributed by atoms with van der Waals surface area (Å²) < 4.78 is 5.14. The number of anilines is 1. The minimum atomic E-state index is -0.595. The lowest BCUT2D eigenvalue weighted by Gasteiger charge is -2.24. The van der Waals surface area contributed by atoms with Crippen molar-refractivity contribution in [1.82, 2.24) is 9.88 Å². The molecule has 1 N–H and O–H groups in total. The summed E-state index contributed by atoms with van der Waals surface area (Å²) >= 11 is 5.64. The van der Waals surface area contributed by atoms with Gasteiger partial charge in [-0.1, -0.05) is 11.6 Å². The molecule has 0 atom stereocenters. The maximum absolute atomic E-state index is 11.8. The third-order valence-corrected chi connectivity index (χ3v) is 2.32. The molecular formula is C13H18ClN3O3. The molecule has 1 heterocycles. The van der Waals surface area contributed by atoms with E-state index in [1.807, 2.05) is 0 Å². The highest BCUT2D eigenvalue weighted by molar-refractivity contribution is 6.29. The molecule has 0 saturated heterocycles. The third kappa shape index (κ3) is 5.88. The van der Waals surface area contributed by atoms with Crippen LogP contribution in [0.3, 0.4) is 0 Å². The van der Waals surface area contributed by atoms with Gasteiger partial charge in [-0.2, -0.15) is 0 Å². The van der Waals surface area contributed by atoms with Crippen molar-refractivity contribution in [3.05, 3.63) is 23.5 Å². The average molecular weight is 300 g/mol. The first kappa shape index (κ1) is 16.2. The summed E-state index contributed by atoms with van der Waals surface area (Å²) in [4.78, 5) is 28.5. The molecular weight excluding hydrogens is 282 g/mol. The maximum atomic E-state index is 11.8. The molecule has 0 spiro atoms. The lowest BCUT2D eigenvalue weighted by molar-refractivity contribution is -0.117. The molecule has 0 saturated carbocycles. The van der Waals surface area contributed by atoms with Crippen LogP contribution in [-0.2, 0) is 9.53 Å². The van der Waals surface area contributed by atoms with Gasteiger partial charge in [-0.3, -0.25) is 4.79 Å². The summed E-state index contributed by atoms with van der Waals surface area (Å²) in [5.74, 6) is -0.345. The molecule has 1 aromatic rings. The van der Waals surface area contributed by atoms with Gasteiger partial charge in [-0.25, -0.2) is 9.78 Å². The van der Waals surface area contributed by atoms with Crippen molar-refractivity contribution in [2.45, 2.75) is 26.4 Å². The van der Waals surface area contributed by atoms with Crippen LogP contribution in [0.25, 0.3) is 0 Å². The number of hydrogen-bond acceptors (Lipinski definition) is 4. The quantitative estimate of drug-likeness (QED) is 0.871. The van der Waals surface area contributed by atoms with Crippen LogP contribution in [0.4, 0.5) is 10.5 Å². The Kier molecular flexibility index (Phi) is 5.33. The van der Waals surface area contributed by atoms with Gasteiger partial charge in [0.2, 0.25) is 5.91 Å². The van der Waals surface area contributed by atoms with Crippen molar-refractivity contribution in [3.8, 4) is 0 Å². The molecule has 1 rings (SSSR count). The van der Waals surface area contributed by atoms with E-state index in [4.69, 9.17) is 16.3 Å². The Bertz CT molecular complexity index is 483. The Morgan fingerprint density at radius 1 is 1.40 bits per heavy atom.